The maximum Gasteiger partial charge on any atom is 0.257 e. The molecule has 5 heteroatoms. The Morgan fingerprint density at radius 2 is 2.26 bits per heavy atom. The second-order valence-electron chi connectivity index (χ2n) is 4.69. The van der Waals surface area contributed by atoms with E-state index >= 15 is 0 Å². The van der Waals surface area contributed by atoms with Crippen LogP contribution >= 0.6 is 15.9 Å². The molecule has 1 N–H and O–H groups in total. The summed E-state index contributed by atoms with van der Waals surface area (Å²) >= 11 is 3.28. The summed E-state index contributed by atoms with van der Waals surface area (Å²) in [4.78, 5) is 22.5. The second kappa shape index (κ2) is 6.70. The Labute approximate surface area is 120 Å². The Kier molecular flexibility index (Phi) is 4.96. The van der Waals surface area contributed by atoms with Gasteiger partial charge in [0.15, 0.2) is 12.9 Å². The minimum atomic E-state index is -0.147. The fraction of sp³-hybridized carbons (Fsp3) is 0.429. The van der Waals surface area contributed by atoms with E-state index in [1.54, 1.807) is 18.2 Å². The van der Waals surface area contributed by atoms with Crippen LogP contribution in [0.5, 0.6) is 5.75 Å². The van der Waals surface area contributed by atoms with Gasteiger partial charge in [0.1, 0.15) is 5.75 Å². The zero-order valence-electron chi connectivity index (χ0n) is 10.5. The normalized spacial score (nSPS) is 14.6. The first kappa shape index (κ1) is 14.1. The number of aldehydes is 1. The topological polar surface area (TPSA) is 55.4 Å². The van der Waals surface area contributed by atoms with Gasteiger partial charge in [0.25, 0.3) is 5.91 Å². The molecule has 0 atom stereocenters. The molecular weight excluding hydrogens is 310 g/mol. The van der Waals surface area contributed by atoms with Crippen LogP contribution in [0.3, 0.4) is 0 Å². The number of ether oxygens (including phenoxy) is 1. The minimum absolute atomic E-state index is 0.0603. The van der Waals surface area contributed by atoms with Crippen molar-refractivity contribution in [3.63, 3.8) is 0 Å². The molecule has 0 aromatic heterocycles. The maximum absolute atomic E-state index is 11.6. The van der Waals surface area contributed by atoms with Gasteiger partial charge in [0, 0.05) is 11.0 Å². The van der Waals surface area contributed by atoms with Gasteiger partial charge in [-0.1, -0.05) is 22.4 Å². The number of carbonyl (C=O) groups is 2. The Bertz CT molecular complexity index is 472. The number of carbonyl (C=O) groups excluding carboxylic acids is 2. The van der Waals surface area contributed by atoms with E-state index in [0.29, 0.717) is 23.5 Å². The second-order valence-corrected chi connectivity index (χ2v) is 5.61. The van der Waals surface area contributed by atoms with Crippen LogP contribution in [0, 0.1) is 5.92 Å². The molecule has 2 rings (SSSR count). The highest BCUT2D eigenvalue weighted by Gasteiger charge is 2.18. The maximum atomic E-state index is 11.6. The van der Waals surface area contributed by atoms with Crippen LogP contribution in [0.15, 0.2) is 22.7 Å². The molecule has 0 aliphatic heterocycles. The molecule has 1 aromatic rings. The van der Waals surface area contributed by atoms with Crippen molar-refractivity contribution < 1.29 is 14.3 Å². The number of hydrogen-bond donors (Lipinski definition) is 1. The van der Waals surface area contributed by atoms with Crippen molar-refractivity contribution in [2.75, 3.05) is 13.2 Å². The SMILES string of the molecule is O=Cc1cc(Br)ccc1OCC(=O)NCC1CCC1. The van der Waals surface area contributed by atoms with E-state index < -0.39 is 0 Å². The molecule has 1 aromatic carbocycles. The van der Waals surface area contributed by atoms with Crippen LogP contribution < -0.4 is 10.1 Å². The predicted molar refractivity (Wildman–Crippen MR) is 75.4 cm³/mol. The van der Waals surface area contributed by atoms with Gasteiger partial charge < -0.3 is 10.1 Å². The molecule has 1 saturated carbocycles. The van der Waals surface area contributed by atoms with Gasteiger partial charge in [-0.25, -0.2) is 0 Å². The number of rotatable bonds is 6. The molecule has 19 heavy (non-hydrogen) atoms. The number of hydrogen-bond acceptors (Lipinski definition) is 3. The molecule has 0 radical (unpaired) electrons. The predicted octanol–water partition coefficient (Wildman–Crippen LogP) is 2.56. The standard InChI is InChI=1S/C14H16BrNO3/c15-12-4-5-13(11(6-12)8-17)19-9-14(18)16-7-10-2-1-3-10/h4-6,8,10H,1-3,7,9H2,(H,16,18). The minimum Gasteiger partial charge on any atom is -0.483 e. The quantitative estimate of drug-likeness (QED) is 0.818. The average Bonchev–Trinajstić information content (AvgIpc) is 2.35. The molecule has 0 saturated heterocycles. The van der Waals surface area contributed by atoms with Gasteiger partial charge in [-0.2, -0.15) is 0 Å². The fourth-order valence-electron chi connectivity index (χ4n) is 1.89. The van der Waals surface area contributed by atoms with Crippen LogP contribution in [-0.2, 0) is 4.79 Å². The van der Waals surface area contributed by atoms with Gasteiger partial charge in [0.2, 0.25) is 0 Å². The molecule has 1 amide bonds. The molecule has 0 unspecified atom stereocenters. The third kappa shape index (κ3) is 4.06. The van der Waals surface area contributed by atoms with Crippen molar-refractivity contribution in [1.82, 2.24) is 5.32 Å². The van der Waals surface area contributed by atoms with Crippen molar-refractivity contribution in [3.8, 4) is 5.75 Å². The highest BCUT2D eigenvalue weighted by Crippen LogP contribution is 2.25. The molecule has 1 fully saturated rings. The average molecular weight is 326 g/mol. The third-order valence-electron chi connectivity index (χ3n) is 3.27. The largest absolute Gasteiger partial charge is 0.483 e. The van der Waals surface area contributed by atoms with E-state index in [2.05, 4.69) is 21.2 Å². The molecule has 102 valence electrons. The summed E-state index contributed by atoms with van der Waals surface area (Å²) in [5.41, 5.74) is 0.432. The molecule has 1 aliphatic rings. The Morgan fingerprint density at radius 1 is 1.47 bits per heavy atom. The van der Waals surface area contributed by atoms with Crippen molar-refractivity contribution in [1.29, 1.82) is 0 Å². The van der Waals surface area contributed by atoms with Gasteiger partial charge in [-0.3, -0.25) is 9.59 Å². The summed E-state index contributed by atoms with van der Waals surface area (Å²) in [5.74, 6) is 0.908. The van der Waals surface area contributed by atoms with E-state index in [1.807, 2.05) is 0 Å². The zero-order valence-corrected chi connectivity index (χ0v) is 12.1. The first-order valence-electron chi connectivity index (χ1n) is 6.33. The lowest BCUT2D eigenvalue weighted by Crippen LogP contribution is -2.35. The summed E-state index contributed by atoms with van der Waals surface area (Å²) in [6, 6.07) is 5.11. The number of nitrogens with one attached hydrogen (secondary N) is 1. The van der Waals surface area contributed by atoms with Crippen LogP contribution in [-0.4, -0.2) is 25.3 Å². The smallest absolute Gasteiger partial charge is 0.257 e. The summed E-state index contributed by atoms with van der Waals surface area (Å²) in [6.07, 6.45) is 4.37. The van der Waals surface area contributed by atoms with Gasteiger partial charge >= 0.3 is 0 Å². The molecule has 0 spiro atoms. The van der Waals surface area contributed by atoms with E-state index in [-0.39, 0.29) is 12.5 Å². The molecule has 0 bridgehead atoms. The Balaban J connectivity index is 1.80. The summed E-state index contributed by atoms with van der Waals surface area (Å²) in [6.45, 7) is 0.665. The van der Waals surface area contributed by atoms with Crippen molar-refractivity contribution in [2.24, 2.45) is 5.92 Å². The Hall–Kier alpha value is -1.36. The fourth-order valence-corrected chi connectivity index (χ4v) is 2.27. The van der Waals surface area contributed by atoms with Crippen LogP contribution in [0.2, 0.25) is 0 Å². The number of benzene rings is 1. The monoisotopic (exact) mass is 325 g/mol. The molecule has 0 heterocycles. The van der Waals surface area contributed by atoms with E-state index in [1.165, 1.54) is 19.3 Å². The van der Waals surface area contributed by atoms with Crippen LogP contribution in [0.4, 0.5) is 0 Å². The Morgan fingerprint density at radius 3 is 2.89 bits per heavy atom. The highest BCUT2D eigenvalue weighted by molar-refractivity contribution is 9.10. The molecule has 4 nitrogen and oxygen atoms in total. The summed E-state index contributed by atoms with van der Waals surface area (Å²) in [5, 5.41) is 2.84. The summed E-state index contributed by atoms with van der Waals surface area (Å²) in [7, 11) is 0. The summed E-state index contributed by atoms with van der Waals surface area (Å²) < 4.78 is 6.17. The molecular formula is C14H16BrNO3. The van der Waals surface area contributed by atoms with E-state index in [0.717, 1.165) is 11.0 Å². The van der Waals surface area contributed by atoms with Crippen LogP contribution in [0.25, 0.3) is 0 Å². The number of halogens is 1. The first-order valence-corrected chi connectivity index (χ1v) is 7.12. The first-order chi connectivity index (χ1) is 9.19. The zero-order chi connectivity index (χ0) is 13.7. The highest BCUT2D eigenvalue weighted by atomic mass is 79.9. The van der Waals surface area contributed by atoms with Crippen molar-refractivity contribution in [2.45, 2.75) is 19.3 Å². The van der Waals surface area contributed by atoms with Crippen LogP contribution in [0.1, 0.15) is 29.6 Å². The van der Waals surface area contributed by atoms with E-state index in [4.69, 9.17) is 4.74 Å². The van der Waals surface area contributed by atoms with Crippen molar-refractivity contribution >= 4 is 28.1 Å². The lowest BCUT2D eigenvalue weighted by molar-refractivity contribution is -0.123. The van der Waals surface area contributed by atoms with Crippen molar-refractivity contribution in [3.05, 3.63) is 28.2 Å². The lowest BCUT2D eigenvalue weighted by Gasteiger charge is -2.25. The lowest BCUT2D eigenvalue weighted by atomic mass is 9.85. The number of amides is 1. The third-order valence-corrected chi connectivity index (χ3v) is 3.76. The van der Waals surface area contributed by atoms with Gasteiger partial charge in [-0.05, 0) is 37.0 Å². The van der Waals surface area contributed by atoms with Gasteiger partial charge in [0.05, 0.1) is 5.56 Å². The van der Waals surface area contributed by atoms with E-state index in [9.17, 15) is 9.59 Å². The van der Waals surface area contributed by atoms with Gasteiger partial charge in [-0.15, -0.1) is 0 Å². The molecule has 1 aliphatic carbocycles.